The summed E-state index contributed by atoms with van der Waals surface area (Å²) in [4.78, 5) is 37.9. The van der Waals surface area contributed by atoms with Gasteiger partial charge in [0, 0.05) is 12.6 Å². The van der Waals surface area contributed by atoms with Gasteiger partial charge in [-0.3, -0.25) is 23.4 Å². The zero-order valence-corrected chi connectivity index (χ0v) is 23.3. The van der Waals surface area contributed by atoms with Gasteiger partial charge in [-0.2, -0.15) is 0 Å². The average molecular weight is 560 g/mol. The molecule has 0 bridgehead atoms. The van der Waals surface area contributed by atoms with Crippen LogP contribution in [0.25, 0.3) is 5.69 Å². The Labute approximate surface area is 219 Å². The topological polar surface area (TPSA) is 202 Å². The predicted molar refractivity (Wildman–Crippen MR) is 136 cm³/mol. The molecule has 0 saturated carbocycles. The van der Waals surface area contributed by atoms with Crippen molar-refractivity contribution in [3.05, 3.63) is 38.9 Å². The lowest BCUT2D eigenvalue weighted by atomic mass is 9.88. The first-order chi connectivity index (χ1) is 17.6. The summed E-state index contributed by atoms with van der Waals surface area (Å²) in [5.74, 6) is 0.0412. The highest BCUT2D eigenvalue weighted by molar-refractivity contribution is 7.54. The van der Waals surface area contributed by atoms with Gasteiger partial charge in [0.05, 0.1) is 23.6 Å². The summed E-state index contributed by atoms with van der Waals surface area (Å²) < 4.78 is 26.6. The molecule has 6 atom stereocenters. The Morgan fingerprint density at radius 2 is 1.79 bits per heavy atom. The number of aliphatic hydroxyl groups excluding tert-OH is 2. The summed E-state index contributed by atoms with van der Waals surface area (Å²) >= 11 is 0. The molecule has 14 nitrogen and oxygen atoms in total. The van der Waals surface area contributed by atoms with Crippen molar-refractivity contribution in [2.24, 2.45) is 0 Å². The zero-order chi connectivity index (χ0) is 28.6. The van der Waals surface area contributed by atoms with E-state index in [-0.39, 0.29) is 37.3 Å². The van der Waals surface area contributed by atoms with E-state index in [1.165, 1.54) is 11.6 Å². The van der Waals surface area contributed by atoms with Crippen molar-refractivity contribution in [2.45, 2.75) is 109 Å². The second-order valence-electron chi connectivity index (χ2n) is 10.2. The highest BCUT2D eigenvalue weighted by atomic mass is 31.2. The van der Waals surface area contributed by atoms with E-state index in [0.717, 1.165) is 10.8 Å². The van der Waals surface area contributed by atoms with Crippen LogP contribution in [0.3, 0.4) is 0 Å². The van der Waals surface area contributed by atoms with Crippen molar-refractivity contribution >= 4 is 7.60 Å². The molecule has 2 aromatic heterocycles. The van der Waals surface area contributed by atoms with Crippen molar-refractivity contribution in [3.8, 4) is 5.69 Å². The van der Waals surface area contributed by atoms with Crippen molar-refractivity contribution in [1.29, 1.82) is 0 Å². The maximum atomic E-state index is 12.9. The Morgan fingerprint density at radius 3 is 2.32 bits per heavy atom. The molecule has 0 spiro atoms. The van der Waals surface area contributed by atoms with Gasteiger partial charge in [0.2, 0.25) is 0 Å². The third-order valence-corrected chi connectivity index (χ3v) is 9.54. The van der Waals surface area contributed by atoms with E-state index in [1.807, 2.05) is 13.8 Å². The molecular formula is C23H38N5O9P. The number of aliphatic hydroxyl groups is 3. The largest absolute Gasteiger partial charge is 0.388 e. The summed E-state index contributed by atoms with van der Waals surface area (Å²) in [6.45, 7) is 10.0. The van der Waals surface area contributed by atoms with Gasteiger partial charge in [-0.15, -0.1) is 5.10 Å². The Morgan fingerprint density at radius 1 is 1.16 bits per heavy atom. The third kappa shape index (κ3) is 5.71. The summed E-state index contributed by atoms with van der Waals surface area (Å²) in [7, 11) is -4.53. The summed E-state index contributed by atoms with van der Waals surface area (Å²) in [5, 5.41) is 38.0. The number of aromatic amines is 1. The van der Waals surface area contributed by atoms with Crippen molar-refractivity contribution in [1.82, 2.24) is 24.5 Å². The van der Waals surface area contributed by atoms with Gasteiger partial charge in [0.1, 0.15) is 17.9 Å². The van der Waals surface area contributed by atoms with Gasteiger partial charge < -0.3 is 24.9 Å². The van der Waals surface area contributed by atoms with Gasteiger partial charge in [0.15, 0.2) is 11.6 Å². The first-order valence-electron chi connectivity index (χ1n) is 12.7. The van der Waals surface area contributed by atoms with Crippen molar-refractivity contribution < 1.29 is 34.0 Å². The number of nitrogens with zero attached hydrogens (tertiary/aromatic N) is 4. The minimum Gasteiger partial charge on any atom is -0.388 e. The van der Waals surface area contributed by atoms with Gasteiger partial charge in [-0.05, 0) is 32.1 Å². The van der Waals surface area contributed by atoms with Crippen LogP contribution in [0, 0.1) is 0 Å². The summed E-state index contributed by atoms with van der Waals surface area (Å²) in [6.07, 6.45) is -2.56. The Hall–Kier alpha value is -2.19. The van der Waals surface area contributed by atoms with Gasteiger partial charge in [0.25, 0.3) is 5.56 Å². The summed E-state index contributed by atoms with van der Waals surface area (Å²) in [5.41, 5.74) is -2.35. The van der Waals surface area contributed by atoms with E-state index in [1.54, 1.807) is 27.0 Å². The Bertz CT molecular complexity index is 1280. The molecule has 1 aliphatic rings. The maximum Gasteiger partial charge on any atom is 0.359 e. The first-order valence-corrected chi connectivity index (χ1v) is 14.2. The molecule has 0 aromatic carbocycles. The number of rotatable bonds is 11. The standard InChI is InChI=1S/C23H38N5O9P/c1-7-22(6,33)38(34,35)37-23(8-2,9-3)10-16-17(29)18(30)20(36-16)27-12-15(19(31)24-21(27)32)28-11-14(13(4)5)25-26-28/h11-13,16-18,20,29-30,33H,7-10H2,1-6H3,(H,34,35)(H,24,31,32). The lowest BCUT2D eigenvalue weighted by Gasteiger charge is -2.39. The number of hydrogen-bond acceptors (Lipinski definition) is 10. The van der Waals surface area contributed by atoms with Crippen LogP contribution in [-0.4, -0.2) is 74.0 Å². The Kier molecular flexibility index (Phi) is 8.89. The van der Waals surface area contributed by atoms with Gasteiger partial charge in [-0.25, -0.2) is 9.48 Å². The summed E-state index contributed by atoms with van der Waals surface area (Å²) in [6, 6.07) is 0. The number of ether oxygens (including phenoxy) is 1. The molecule has 1 saturated heterocycles. The van der Waals surface area contributed by atoms with Crippen molar-refractivity contribution in [2.75, 3.05) is 0 Å². The molecule has 214 valence electrons. The molecule has 3 rings (SSSR count). The van der Waals surface area contributed by atoms with Crippen LogP contribution in [-0.2, 0) is 13.8 Å². The molecule has 1 aliphatic heterocycles. The molecule has 6 unspecified atom stereocenters. The van der Waals surface area contributed by atoms with Crippen LogP contribution in [0.1, 0.15) is 85.1 Å². The normalized spacial score (nSPS) is 25.4. The van der Waals surface area contributed by atoms with E-state index in [9.17, 15) is 34.4 Å². The first kappa shape index (κ1) is 30.4. The fourth-order valence-corrected chi connectivity index (χ4v) is 5.70. The van der Waals surface area contributed by atoms with E-state index >= 15 is 0 Å². The van der Waals surface area contributed by atoms with E-state index in [0.29, 0.717) is 5.69 Å². The van der Waals surface area contributed by atoms with Gasteiger partial charge in [-0.1, -0.05) is 39.8 Å². The van der Waals surface area contributed by atoms with Crippen LogP contribution in [0.2, 0.25) is 0 Å². The highest BCUT2D eigenvalue weighted by Gasteiger charge is 2.51. The molecule has 0 amide bonds. The molecule has 0 aliphatic carbocycles. The van der Waals surface area contributed by atoms with Crippen LogP contribution in [0.15, 0.2) is 22.0 Å². The Balaban J connectivity index is 1.93. The van der Waals surface area contributed by atoms with Crippen LogP contribution in [0.5, 0.6) is 0 Å². The minimum atomic E-state index is -4.53. The predicted octanol–water partition coefficient (Wildman–Crippen LogP) is 1.13. The monoisotopic (exact) mass is 559 g/mol. The molecule has 38 heavy (non-hydrogen) atoms. The number of aromatic nitrogens is 5. The number of nitrogens with one attached hydrogen (secondary N) is 1. The highest BCUT2D eigenvalue weighted by Crippen LogP contribution is 2.59. The van der Waals surface area contributed by atoms with Crippen molar-refractivity contribution in [3.63, 3.8) is 0 Å². The lowest BCUT2D eigenvalue weighted by Crippen LogP contribution is -2.41. The number of hydrogen-bond donors (Lipinski definition) is 5. The maximum absolute atomic E-state index is 12.9. The molecule has 3 heterocycles. The number of H-pyrrole nitrogens is 1. The van der Waals surface area contributed by atoms with E-state index in [2.05, 4.69) is 15.3 Å². The fourth-order valence-electron chi connectivity index (χ4n) is 4.25. The molecule has 0 radical (unpaired) electrons. The average Bonchev–Trinajstić information content (AvgIpc) is 3.45. The van der Waals surface area contributed by atoms with Crippen LogP contribution < -0.4 is 11.2 Å². The van der Waals surface area contributed by atoms with Gasteiger partial charge >= 0.3 is 13.3 Å². The SMILES string of the molecule is CCC(CC)(CC1OC(n2cc(-n3cc(C(C)C)nn3)c(=O)[nH]c2=O)C(O)C1O)OP(=O)(O)C(C)(O)CC. The third-order valence-electron chi connectivity index (χ3n) is 7.37. The van der Waals surface area contributed by atoms with Crippen LogP contribution >= 0.6 is 7.60 Å². The fraction of sp³-hybridized carbons (Fsp3) is 0.739. The quantitative estimate of drug-likeness (QED) is 0.247. The smallest absolute Gasteiger partial charge is 0.359 e. The molecule has 1 fully saturated rings. The second kappa shape index (κ2) is 11.1. The molecule has 5 N–H and O–H groups in total. The molecule has 2 aromatic rings. The van der Waals surface area contributed by atoms with E-state index in [4.69, 9.17) is 9.26 Å². The zero-order valence-electron chi connectivity index (χ0n) is 22.4. The minimum absolute atomic E-state index is 0.0322. The molecular weight excluding hydrogens is 521 g/mol. The van der Waals surface area contributed by atoms with Crippen LogP contribution in [0.4, 0.5) is 0 Å². The molecule has 15 heteroatoms. The second-order valence-corrected chi connectivity index (χ2v) is 12.4. The van der Waals surface area contributed by atoms with E-state index < -0.39 is 54.3 Å². The lowest BCUT2D eigenvalue weighted by molar-refractivity contribution is -0.0775.